The summed E-state index contributed by atoms with van der Waals surface area (Å²) in [5.41, 5.74) is 9.08. The molecule has 9 aromatic rings. The molecule has 0 aliphatic rings. The average Bonchev–Trinajstić information content (AvgIpc) is 3.48. The van der Waals surface area contributed by atoms with Gasteiger partial charge in [-0.25, -0.2) is 0 Å². The maximum atomic E-state index is 6.68. The lowest BCUT2D eigenvalue weighted by Crippen LogP contribution is -1.84. The first kappa shape index (κ1) is 24.0. The molecule has 0 fully saturated rings. The fourth-order valence-electron chi connectivity index (χ4n) is 6.67. The molecule has 200 valence electrons. The highest BCUT2D eigenvalue weighted by Gasteiger charge is 2.17. The highest BCUT2D eigenvalue weighted by atomic mass is 16.3. The number of hydrogen-bond acceptors (Lipinski definition) is 1. The van der Waals surface area contributed by atoms with E-state index in [-0.39, 0.29) is 0 Å². The van der Waals surface area contributed by atoms with Crippen LogP contribution < -0.4 is 0 Å². The van der Waals surface area contributed by atoms with Gasteiger partial charge in [-0.15, -0.1) is 0 Å². The van der Waals surface area contributed by atoms with Crippen molar-refractivity contribution in [2.24, 2.45) is 0 Å². The molecule has 1 nitrogen and oxygen atoms in total. The molecule has 9 rings (SSSR count). The van der Waals surface area contributed by atoms with Gasteiger partial charge < -0.3 is 4.42 Å². The van der Waals surface area contributed by atoms with E-state index in [0.29, 0.717) is 0 Å². The Morgan fingerprint density at radius 3 is 1.65 bits per heavy atom. The second kappa shape index (κ2) is 9.44. The lowest BCUT2D eigenvalue weighted by atomic mass is 9.93. The zero-order valence-corrected chi connectivity index (χ0v) is 23.4. The summed E-state index contributed by atoms with van der Waals surface area (Å²) in [7, 11) is 0. The van der Waals surface area contributed by atoms with Crippen molar-refractivity contribution in [3.8, 4) is 33.4 Å². The van der Waals surface area contributed by atoms with Gasteiger partial charge in [0.05, 0.1) is 0 Å². The number of rotatable bonds is 3. The Morgan fingerprint density at radius 2 is 0.860 bits per heavy atom. The fourth-order valence-corrected chi connectivity index (χ4v) is 6.67. The third kappa shape index (κ3) is 3.86. The van der Waals surface area contributed by atoms with Gasteiger partial charge in [0.1, 0.15) is 11.2 Å². The van der Waals surface area contributed by atoms with Crippen molar-refractivity contribution < 1.29 is 4.42 Å². The van der Waals surface area contributed by atoms with Gasteiger partial charge in [0.2, 0.25) is 0 Å². The lowest BCUT2D eigenvalue weighted by Gasteiger charge is -2.10. The molecule has 1 aromatic heterocycles. The van der Waals surface area contributed by atoms with Gasteiger partial charge in [-0.1, -0.05) is 127 Å². The molecule has 0 aliphatic carbocycles. The van der Waals surface area contributed by atoms with E-state index in [1.807, 2.05) is 0 Å². The van der Waals surface area contributed by atoms with Gasteiger partial charge >= 0.3 is 0 Å². The van der Waals surface area contributed by atoms with Crippen LogP contribution in [0, 0.1) is 0 Å². The van der Waals surface area contributed by atoms with Crippen LogP contribution in [-0.2, 0) is 0 Å². The van der Waals surface area contributed by atoms with Crippen LogP contribution >= 0.6 is 0 Å². The molecule has 0 amide bonds. The Morgan fingerprint density at radius 1 is 0.302 bits per heavy atom. The molecule has 0 radical (unpaired) electrons. The van der Waals surface area contributed by atoms with Gasteiger partial charge in [0, 0.05) is 16.2 Å². The molecule has 0 N–H and O–H groups in total. The summed E-state index contributed by atoms with van der Waals surface area (Å²) in [4.78, 5) is 0. The van der Waals surface area contributed by atoms with Crippen LogP contribution in [0.5, 0.6) is 0 Å². The Labute approximate surface area is 249 Å². The van der Waals surface area contributed by atoms with Crippen molar-refractivity contribution in [3.05, 3.63) is 158 Å². The van der Waals surface area contributed by atoms with E-state index >= 15 is 0 Å². The molecular formula is C42H26O. The van der Waals surface area contributed by atoms with Crippen molar-refractivity contribution in [3.63, 3.8) is 0 Å². The van der Waals surface area contributed by atoms with E-state index in [2.05, 4.69) is 158 Å². The maximum Gasteiger partial charge on any atom is 0.143 e. The minimum atomic E-state index is 0.919. The van der Waals surface area contributed by atoms with Crippen molar-refractivity contribution in [2.45, 2.75) is 0 Å². The number of fused-ring (bicyclic) bond motifs is 9. The zero-order valence-electron chi connectivity index (χ0n) is 23.4. The zero-order chi connectivity index (χ0) is 28.3. The third-order valence-corrected chi connectivity index (χ3v) is 8.85. The number of furan rings is 1. The van der Waals surface area contributed by atoms with Gasteiger partial charge in [0.25, 0.3) is 0 Å². The fraction of sp³-hybridized carbons (Fsp3) is 0. The molecule has 0 bridgehead atoms. The first-order valence-corrected chi connectivity index (χ1v) is 14.8. The van der Waals surface area contributed by atoms with Crippen LogP contribution in [-0.4, -0.2) is 0 Å². The molecule has 0 saturated heterocycles. The summed E-state index contributed by atoms with van der Waals surface area (Å²) in [5.74, 6) is 0. The van der Waals surface area contributed by atoms with E-state index in [0.717, 1.165) is 27.5 Å². The van der Waals surface area contributed by atoms with E-state index in [4.69, 9.17) is 4.42 Å². The van der Waals surface area contributed by atoms with Gasteiger partial charge in [-0.2, -0.15) is 0 Å². The van der Waals surface area contributed by atoms with Crippen LogP contribution in [0.25, 0.3) is 87.6 Å². The smallest absolute Gasteiger partial charge is 0.143 e. The molecular weight excluding hydrogens is 520 g/mol. The second-order valence-electron chi connectivity index (χ2n) is 11.3. The Hall–Kier alpha value is -5.66. The predicted molar refractivity (Wildman–Crippen MR) is 183 cm³/mol. The minimum absolute atomic E-state index is 0.919. The predicted octanol–water partition coefficient (Wildman–Crippen LogP) is 12.0. The van der Waals surface area contributed by atoms with Crippen LogP contribution in [0.15, 0.2) is 162 Å². The first-order chi connectivity index (χ1) is 21.3. The molecule has 0 atom stereocenters. The monoisotopic (exact) mass is 546 g/mol. The van der Waals surface area contributed by atoms with Gasteiger partial charge in [-0.05, 0) is 90.6 Å². The highest BCUT2D eigenvalue weighted by Crippen LogP contribution is 2.43. The molecule has 0 unspecified atom stereocenters. The quantitative estimate of drug-likeness (QED) is 0.201. The number of benzene rings is 8. The summed E-state index contributed by atoms with van der Waals surface area (Å²) < 4.78 is 6.68. The Balaban J connectivity index is 1.19. The van der Waals surface area contributed by atoms with Crippen LogP contribution in [0.2, 0.25) is 0 Å². The van der Waals surface area contributed by atoms with Crippen molar-refractivity contribution in [1.29, 1.82) is 0 Å². The average molecular weight is 547 g/mol. The summed E-state index contributed by atoms with van der Waals surface area (Å²) >= 11 is 0. The normalized spacial score (nSPS) is 11.7. The minimum Gasteiger partial charge on any atom is -0.455 e. The summed E-state index contributed by atoms with van der Waals surface area (Å²) in [5, 5.41) is 9.69. The van der Waals surface area contributed by atoms with E-state index < -0.39 is 0 Å². The third-order valence-electron chi connectivity index (χ3n) is 8.85. The Kier molecular flexibility index (Phi) is 5.27. The van der Waals surface area contributed by atoms with Crippen molar-refractivity contribution in [2.75, 3.05) is 0 Å². The molecule has 1 heteroatoms. The number of hydrogen-bond donors (Lipinski definition) is 0. The lowest BCUT2D eigenvalue weighted by molar-refractivity contribution is 0.673. The molecule has 1 heterocycles. The SMILES string of the molecule is c1ccc(-c2ccc3c(c2)oc2c4ccc(-c5ccc(-c6ccc7ccccc7c6)cc5)cc4c4ccccc4c32)cc1. The second-order valence-corrected chi connectivity index (χ2v) is 11.3. The van der Waals surface area contributed by atoms with Crippen LogP contribution in [0.4, 0.5) is 0 Å². The van der Waals surface area contributed by atoms with Crippen molar-refractivity contribution >= 4 is 54.3 Å². The topological polar surface area (TPSA) is 13.1 Å². The molecule has 0 aliphatic heterocycles. The highest BCUT2D eigenvalue weighted by molar-refractivity contribution is 6.30. The van der Waals surface area contributed by atoms with Gasteiger partial charge in [-0.3, -0.25) is 0 Å². The molecule has 0 spiro atoms. The summed E-state index contributed by atoms with van der Waals surface area (Å²) in [6.07, 6.45) is 0. The Bertz CT molecular complexity index is 2480. The maximum absolute atomic E-state index is 6.68. The molecule has 43 heavy (non-hydrogen) atoms. The molecule has 0 saturated carbocycles. The largest absolute Gasteiger partial charge is 0.455 e. The van der Waals surface area contributed by atoms with E-state index in [1.165, 1.54) is 60.1 Å². The van der Waals surface area contributed by atoms with Crippen molar-refractivity contribution in [1.82, 2.24) is 0 Å². The van der Waals surface area contributed by atoms with E-state index in [9.17, 15) is 0 Å². The van der Waals surface area contributed by atoms with Crippen LogP contribution in [0.1, 0.15) is 0 Å². The standard InChI is InChI=1S/C42H26O/c1-2-8-27(9-3-1)34-21-23-38-40(26-34)43-42-37-22-20-33(25-39(37)35-12-6-7-13-36(35)41(38)42)30-16-14-29(15-17-30)32-19-18-28-10-4-5-11-31(28)24-32/h1-26H. The van der Waals surface area contributed by atoms with Gasteiger partial charge in [0.15, 0.2) is 0 Å². The first-order valence-electron chi connectivity index (χ1n) is 14.8. The summed E-state index contributed by atoms with van der Waals surface area (Å²) in [6, 6.07) is 56.7. The van der Waals surface area contributed by atoms with E-state index in [1.54, 1.807) is 0 Å². The summed E-state index contributed by atoms with van der Waals surface area (Å²) in [6.45, 7) is 0. The molecule has 8 aromatic carbocycles. The van der Waals surface area contributed by atoms with Crippen LogP contribution in [0.3, 0.4) is 0 Å².